The molecule has 0 saturated carbocycles. The molecule has 0 unspecified atom stereocenters. The molecule has 0 fully saturated rings. The van der Waals surface area contributed by atoms with Crippen LogP contribution < -0.4 is 15.4 Å². The topological polar surface area (TPSA) is 59.6 Å². The minimum atomic E-state index is -0.182. The van der Waals surface area contributed by atoms with Gasteiger partial charge in [-0.3, -0.25) is 0 Å². The number of ether oxygens (including phenoxy) is 2. The number of hydrogen-bond donors (Lipinski definition) is 2. The van der Waals surface area contributed by atoms with Gasteiger partial charge in [-0.05, 0) is 43.2 Å². The van der Waals surface area contributed by atoms with E-state index in [0.717, 1.165) is 22.6 Å². The second-order valence-corrected chi connectivity index (χ2v) is 6.73. The number of nitrogens with one attached hydrogen (secondary N) is 2. The fraction of sp³-hybridized carbons (Fsp3) is 0.389. The van der Waals surface area contributed by atoms with E-state index >= 15 is 0 Å². The Morgan fingerprint density at radius 1 is 1.12 bits per heavy atom. The van der Waals surface area contributed by atoms with Crippen LogP contribution in [0.1, 0.15) is 21.4 Å². The van der Waals surface area contributed by atoms with Gasteiger partial charge in [-0.1, -0.05) is 12.1 Å². The Labute approximate surface area is 147 Å². The lowest BCUT2D eigenvalue weighted by Gasteiger charge is -2.15. The van der Waals surface area contributed by atoms with Crippen molar-refractivity contribution >= 4 is 17.4 Å². The molecule has 1 aromatic carbocycles. The summed E-state index contributed by atoms with van der Waals surface area (Å²) in [6.07, 6.45) is 0.658. The maximum absolute atomic E-state index is 11.9. The van der Waals surface area contributed by atoms with E-state index in [-0.39, 0.29) is 12.1 Å². The van der Waals surface area contributed by atoms with Crippen molar-refractivity contribution in [2.24, 2.45) is 0 Å². The Morgan fingerprint density at radius 2 is 1.88 bits per heavy atom. The summed E-state index contributed by atoms with van der Waals surface area (Å²) in [5.41, 5.74) is 1.15. The van der Waals surface area contributed by atoms with Crippen molar-refractivity contribution in [3.63, 3.8) is 0 Å². The fourth-order valence-corrected chi connectivity index (χ4v) is 3.24. The molecule has 2 amide bonds. The molecule has 0 bridgehead atoms. The molecule has 2 rings (SSSR count). The summed E-state index contributed by atoms with van der Waals surface area (Å²) in [6.45, 7) is 3.08. The zero-order valence-electron chi connectivity index (χ0n) is 14.3. The molecule has 0 aliphatic heterocycles. The molecular weight excluding hydrogens is 324 g/mol. The van der Waals surface area contributed by atoms with Gasteiger partial charge in [0.25, 0.3) is 0 Å². The molecule has 2 aromatic rings. The zero-order chi connectivity index (χ0) is 17.4. The highest BCUT2D eigenvalue weighted by atomic mass is 32.1. The monoisotopic (exact) mass is 348 g/mol. The van der Waals surface area contributed by atoms with Gasteiger partial charge in [0.15, 0.2) is 0 Å². The maximum atomic E-state index is 11.9. The molecule has 1 heterocycles. The number of aryl methyl sites for hydroxylation is 1. The molecule has 1 aromatic heterocycles. The van der Waals surface area contributed by atoms with Gasteiger partial charge < -0.3 is 20.1 Å². The van der Waals surface area contributed by atoms with Crippen LogP contribution in [0.4, 0.5) is 4.79 Å². The minimum absolute atomic E-state index is 0.115. The van der Waals surface area contributed by atoms with Crippen LogP contribution in [-0.4, -0.2) is 33.3 Å². The van der Waals surface area contributed by atoms with Crippen LogP contribution in [0.2, 0.25) is 0 Å². The summed E-state index contributed by atoms with van der Waals surface area (Å²) in [6, 6.07) is 11.7. The number of methoxy groups -OCH3 is 2. The third kappa shape index (κ3) is 5.54. The summed E-state index contributed by atoms with van der Waals surface area (Å²) in [4.78, 5) is 14.2. The molecule has 6 heteroatoms. The second kappa shape index (κ2) is 9.30. The standard InChI is InChI=1S/C18H24N2O3S/c1-13-4-9-17(24-13)16(23-3)12-20-18(21)19-11-10-14-5-7-15(22-2)8-6-14/h4-9,16H,10-12H2,1-3H3,(H2,19,20,21)/t16-/m1/s1. The van der Waals surface area contributed by atoms with Gasteiger partial charge in [-0.2, -0.15) is 0 Å². The Balaban J connectivity index is 1.70. The van der Waals surface area contributed by atoms with Crippen molar-refractivity contribution < 1.29 is 14.3 Å². The lowest BCUT2D eigenvalue weighted by Crippen LogP contribution is -2.38. The molecule has 0 radical (unpaired) electrons. The van der Waals surface area contributed by atoms with Gasteiger partial charge in [0.05, 0.1) is 13.7 Å². The Bertz CT molecular complexity index is 640. The number of thiophene rings is 1. The largest absolute Gasteiger partial charge is 0.497 e. The number of carbonyl (C=O) groups is 1. The number of urea groups is 1. The summed E-state index contributed by atoms with van der Waals surface area (Å²) in [5.74, 6) is 0.832. The van der Waals surface area contributed by atoms with Crippen molar-refractivity contribution in [1.82, 2.24) is 10.6 Å². The van der Waals surface area contributed by atoms with Gasteiger partial charge >= 0.3 is 6.03 Å². The summed E-state index contributed by atoms with van der Waals surface area (Å²) in [5, 5.41) is 5.72. The van der Waals surface area contributed by atoms with Crippen molar-refractivity contribution in [2.75, 3.05) is 27.3 Å². The lowest BCUT2D eigenvalue weighted by molar-refractivity contribution is 0.107. The van der Waals surface area contributed by atoms with Crippen LogP contribution in [0.15, 0.2) is 36.4 Å². The second-order valence-electron chi connectivity index (χ2n) is 5.41. The highest BCUT2D eigenvalue weighted by Crippen LogP contribution is 2.24. The normalized spacial score (nSPS) is 11.8. The van der Waals surface area contributed by atoms with Crippen molar-refractivity contribution in [3.8, 4) is 5.75 Å². The van der Waals surface area contributed by atoms with E-state index in [1.54, 1.807) is 25.6 Å². The zero-order valence-corrected chi connectivity index (χ0v) is 15.1. The summed E-state index contributed by atoms with van der Waals surface area (Å²) < 4.78 is 10.6. The average Bonchev–Trinajstić information content (AvgIpc) is 3.02. The quantitative estimate of drug-likeness (QED) is 0.769. The number of amides is 2. The smallest absolute Gasteiger partial charge is 0.314 e. The van der Waals surface area contributed by atoms with E-state index in [1.807, 2.05) is 30.3 Å². The number of benzene rings is 1. The first-order valence-electron chi connectivity index (χ1n) is 7.86. The van der Waals surface area contributed by atoms with E-state index in [4.69, 9.17) is 9.47 Å². The molecular formula is C18H24N2O3S. The summed E-state index contributed by atoms with van der Waals surface area (Å²) in [7, 11) is 3.30. The lowest BCUT2D eigenvalue weighted by atomic mass is 10.1. The molecule has 0 spiro atoms. The average molecular weight is 348 g/mol. The Kier molecular flexibility index (Phi) is 7.08. The molecule has 5 nitrogen and oxygen atoms in total. The minimum Gasteiger partial charge on any atom is -0.497 e. The third-order valence-electron chi connectivity index (χ3n) is 3.67. The molecule has 2 N–H and O–H groups in total. The van der Waals surface area contributed by atoms with Crippen LogP contribution >= 0.6 is 11.3 Å². The van der Waals surface area contributed by atoms with Crippen LogP contribution in [0, 0.1) is 6.92 Å². The van der Waals surface area contributed by atoms with E-state index in [1.165, 1.54) is 4.88 Å². The third-order valence-corrected chi connectivity index (χ3v) is 4.76. The predicted molar refractivity (Wildman–Crippen MR) is 96.9 cm³/mol. The molecule has 24 heavy (non-hydrogen) atoms. The maximum Gasteiger partial charge on any atom is 0.314 e. The predicted octanol–water partition coefficient (Wildman–Crippen LogP) is 3.29. The number of rotatable bonds is 8. The number of carbonyl (C=O) groups excluding carboxylic acids is 1. The van der Waals surface area contributed by atoms with Crippen molar-refractivity contribution in [3.05, 3.63) is 51.7 Å². The molecule has 1 atom stereocenters. The summed E-state index contributed by atoms with van der Waals surface area (Å²) >= 11 is 1.68. The van der Waals surface area contributed by atoms with E-state index in [2.05, 4.69) is 23.6 Å². The fourth-order valence-electron chi connectivity index (χ4n) is 2.29. The van der Waals surface area contributed by atoms with E-state index < -0.39 is 0 Å². The van der Waals surface area contributed by atoms with Crippen molar-refractivity contribution in [2.45, 2.75) is 19.4 Å². The van der Waals surface area contributed by atoms with Gasteiger partial charge in [0.1, 0.15) is 11.9 Å². The van der Waals surface area contributed by atoms with Crippen LogP contribution in [0.25, 0.3) is 0 Å². The van der Waals surface area contributed by atoms with Gasteiger partial charge in [-0.25, -0.2) is 4.79 Å². The Hall–Kier alpha value is -2.05. The van der Waals surface area contributed by atoms with E-state index in [0.29, 0.717) is 13.1 Å². The van der Waals surface area contributed by atoms with Gasteiger partial charge in [-0.15, -0.1) is 11.3 Å². The van der Waals surface area contributed by atoms with Gasteiger partial charge in [0, 0.05) is 23.4 Å². The highest BCUT2D eigenvalue weighted by molar-refractivity contribution is 7.12. The Morgan fingerprint density at radius 3 is 2.46 bits per heavy atom. The molecule has 130 valence electrons. The van der Waals surface area contributed by atoms with E-state index in [9.17, 15) is 4.79 Å². The SMILES string of the molecule is COc1ccc(CCNC(=O)NC[C@@H](OC)c2ccc(C)s2)cc1. The van der Waals surface area contributed by atoms with Crippen LogP contribution in [0.5, 0.6) is 5.75 Å². The number of hydrogen-bond acceptors (Lipinski definition) is 4. The first-order chi connectivity index (χ1) is 11.6. The molecule has 0 saturated heterocycles. The van der Waals surface area contributed by atoms with Gasteiger partial charge in [0.2, 0.25) is 0 Å². The van der Waals surface area contributed by atoms with Crippen molar-refractivity contribution in [1.29, 1.82) is 0 Å². The first-order valence-corrected chi connectivity index (χ1v) is 8.67. The van der Waals surface area contributed by atoms with Crippen LogP contribution in [0.3, 0.4) is 0 Å². The van der Waals surface area contributed by atoms with Crippen LogP contribution in [-0.2, 0) is 11.2 Å². The molecule has 0 aliphatic carbocycles. The first kappa shape index (κ1) is 18.3. The highest BCUT2D eigenvalue weighted by Gasteiger charge is 2.13. The molecule has 0 aliphatic rings.